The zero-order valence-corrected chi connectivity index (χ0v) is 5.50. The van der Waals surface area contributed by atoms with E-state index >= 15 is 0 Å². The van der Waals surface area contributed by atoms with Crippen LogP contribution in [0.5, 0.6) is 0 Å². The van der Waals surface area contributed by atoms with Crippen molar-refractivity contribution >= 4 is 5.70 Å². The maximum Gasteiger partial charge on any atom is 0.172 e. The topological polar surface area (TPSA) is 43.6 Å². The average Bonchev–Trinajstić information content (AvgIpc) is 2.14. The lowest BCUT2D eigenvalue weighted by Gasteiger charge is -1.89. The molecule has 1 aromatic rings. The van der Waals surface area contributed by atoms with Gasteiger partial charge in [-0.15, -0.1) is 15.0 Å². The monoisotopic (exact) mass is 124 g/mol. The van der Waals surface area contributed by atoms with E-state index < -0.39 is 0 Å². The van der Waals surface area contributed by atoms with E-state index in [1.807, 2.05) is 6.92 Å². The molecule has 0 spiro atoms. The zero-order valence-electron chi connectivity index (χ0n) is 5.50. The second-order valence-electron chi connectivity index (χ2n) is 1.86. The van der Waals surface area contributed by atoms with Crippen LogP contribution in [0.3, 0.4) is 0 Å². The van der Waals surface area contributed by atoms with Crippen LogP contribution in [0.15, 0.2) is 6.58 Å². The number of nitrogens with zero attached hydrogens (tertiary/aromatic N) is 4. The van der Waals surface area contributed by atoms with Crippen molar-refractivity contribution in [2.45, 2.75) is 13.8 Å². The fourth-order valence-corrected chi connectivity index (χ4v) is 0.446. The summed E-state index contributed by atoms with van der Waals surface area (Å²) in [6.45, 7) is 7.24. The molecule has 1 aromatic heterocycles. The van der Waals surface area contributed by atoms with Crippen LogP contribution in [-0.4, -0.2) is 20.2 Å². The van der Waals surface area contributed by atoms with Crippen LogP contribution in [0, 0.1) is 6.92 Å². The first kappa shape index (κ1) is 5.94. The van der Waals surface area contributed by atoms with Gasteiger partial charge in [0.15, 0.2) is 5.82 Å². The van der Waals surface area contributed by atoms with E-state index in [9.17, 15) is 0 Å². The van der Waals surface area contributed by atoms with Gasteiger partial charge in [-0.3, -0.25) is 0 Å². The molecular formula is C5H8N4. The summed E-state index contributed by atoms with van der Waals surface area (Å²) in [5.41, 5.74) is 0.774. The van der Waals surface area contributed by atoms with Gasteiger partial charge in [-0.05, 0) is 19.1 Å². The van der Waals surface area contributed by atoms with Crippen molar-refractivity contribution in [1.82, 2.24) is 20.2 Å². The fraction of sp³-hybridized carbons (Fsp3) is 0.400. The van der Waals surface area contributed by atoms with Crippen molar-refractivity contribution in [3.8, 4) is 0 Å². The van der Waals surface area contributed by atoms with Crippen LogP contribution in [-0.2, 0) is 0 Å². The molecule has 0 radical (unpaired) electrons. The Morgan fingerprint density at radius 2 is 2.33 bits per heavy atom. The maximum absolute atomic E-state index is 3.91. The van der Waals surface area contributed by atoms with Gasteiger partial charge in [-0.25, -0.2) is 0 Å². The minimum Gasteiger partial charge on any atom is -0.136 e. The molecule has 0 atom stereocenters. The zero-order chi connectivity index (χ0) is 6.85. The Bertz CT molecular complexity index is 225. The molecule has 4 nitrogen and oxygen atoms in total. The Labute approximate surface area is 53.2 Å². The van der Waals surface area contributed by atoms with Crippen molar-refractivity contribution in [1.29, 1.82) is 0 Å². The van der Waals surface area contributed by atoms with Gasteiger partial charge in [0.2, 0.25) is 0 Å². The second-order valence-corrected chi connectivity index (χ2v) is 1.86. The highest BCUT2D eigenvalue weighted by Crippen LogP contribution is 1.91. The van der Waals surface area contributed by atoms with Gasteiger partial charge in [-0.2, -0.15) is 0 Å². The lowest BCUT2D eigenvalue weighted by molar-refractivity contribution is 0.733. The first-order chi connectivity index (χ1) is 4.20. The van der Waals surface area contributed by atoms with Crippen molar-refractivity contribution in [3.05, 3.63) is 12.4 Å². The molecule has 1 rings (SSSR count). The van der Waals surface area contributed by atoms with E-state index in [1.165, 1.54) is 4.80 Å². The molecule has 0 amide bonds. The summed E-state index contributed by atoms with van der Waals surface area (Å²) in [6, 6.07) is 0. The van der Waals surface area contributed by atoms with Crippen molar-refractivity contribution in [3.63, 3.8) is 0 Å². The van der Waals surface area contributed by atoms with Crippen LogP contribution in [0.4, 0.5) is 0 Å². The normalized spacial score (nSPS) is 9.56. The van der Waals surface area contributed by atoms with Gasteiger partial charge >= 0.3 is 0 Å². The average molecular weight is 124 g/mol. The highest BCUT2D eigenvalue weighted by molar-refractivity contribution is 5.32. The van der Waals surface area contributed by atoms with Gasteiger partial charge in [0.25, 0.3) is 0 Å². The quantitative estimate of drug-likeness (QED) is 0.546. The fourth-order valence-electron chi connectivity index (χ4n) is 0.446. The molecule has 0 fully saturated rings. The molecule has 0 saturated carbocycles. The summed E-state index contributed by atoms with van der Waals surface area (Å²) in [6.07, 6.45) is 0. The summed E-state index contributed by atoms with van der Waals surface area (Å²) in [7, 11) is 0. The van der Waals surface area contributed by atoms with Gasteiger partial charge in [0, 0.05) is 0 Å². The first-order valence-corrected chi connectivity index (χ1v) is 2.62. The van der Waals surface area contributed by atoms with E-state index in [0.717, 1.165) is 5.70 Å². The van der Waals surface area contributed by atoms with Crippen molar-refractivity contribution < 1.29 is 0 Å². The van der Waals surface area contributed by atoms with Crippen LogP contribution in [0.2, 0.25) is 0 Å². The highest BCUT2D eigenvalue weighted by atomic mass is 15.6. The Morgan fingerprint density at radius 3 is 2.56 bits per heavy atom. The maximum atomic E-state index is 3.91. The number of rotatable bonds is 1. The van der Waals surface area contributed by atoms with Crippen molar-refractivity contribution in [2.75, 3.05) is 0 Å². The van der Waals surface area contributed by atoms with E-state index in [4.69, 9.17) is 0 Å². The van der Waals surface area contributed by atoms with Crippen LogP contribution in [0.1, 0.15) is 12.7 Å². The van der Waals surface area contributed by atoms with Crippen molar-refractivity contribution in [2.24, 2.45) is 0 Å². The molecular weight excluding hydrogens is 116 g/mol. The Kier molecular flexibility index (Phi) is 1.30. The number of hydrogen-bond donors (Lipinski definition) is 0. The van der Waals surface area contributed by atoms with E-state index in [2.05, 4.69) is 22.0 Å². The molecule has 0 N–H and O–H groups in total. The molecule has 0 aliphatic carbocycles. The SMILES string of the molecule is C=C(C)n1nnc(C)n1. The largest absolute Gasteiger partial charge is 0.172 e. The molecule has 48 valence electrons. The molecule has 4 heteroatoms. The van der Waals surface area contributed by atoms with Crippen LogP contribution < -0.4 is 0 Å². The Balaban J connectivity index is 2.98. The summed E-state index contributed by atoms with van der Waals surface area (Å²) < 4.78 is 0. The minimum atomic E-state index is 0.665. The highest BCUT2D eigenvalue weighted by Gasteiger charge is 1.94. The third kappa shape index (κ3) is 1.13. The lowest BCUT2D eigenvalue weighted by atomic mass is 10.6. The minimum absolute atomic E-state index is 0.665. The number of allylic oxidation sites excluding steroid dienone is 1. The summed E-state index contributed by atoms with van der Waals surface area (Å²) in [4.78, 5) is 1.40. The molecule has 0 saturated heterocycles. The molecule has 0 aromatic carbocycles. The molecule has 0 bridgehead atoms. The van der Waals surface area contributed by atoms with Gasteiger partial charge in [-0.1, -0.05) is 6.58 Å². The van der Waals surface area contributed by atoms with E-state index in [1.54, 1.807) is 6.92 Å². The first-order valence-electron chi connectivity index (χ1n) is 2.62. The lowest BCUT2D eigenvalue weighted by Crippen LogP contribution is -1.96. The standard InChI is InChI=1S/C5H8N4/c1-4(2)9-7-5(3)6-8-9/h1H2,2-3H3. The molecule has 9 heavy (non-hydrogen) atoms. The number of aryl methyl sites for hydroxylation is 1. The smallest absolute Gasteiger partial charge is 0.136 e. The Morgan fingerprint density at radius 1 is 1.67 bits per heavy atom. The predicted molar refractivity (Wildman–Crippen MR) is 33.6 cm³/mol. The molecule has 0 aliphatic rings. The molecule has 0 aliphatic heterocycles. The van der Waals surface area contributed by atoms with Gasteiger partial charge in [0.1, 0.15) is 0 Å². The molecule has 1 heterocycles. The van der Waals surface area contributed by atoms with Gasteiger partial charge < -0.3 is 0 Å². The summed E-state index contributed by atoms with van der Waals surface area (Å²) in [5, 5.41) is 11.3. The van der Waals surface area contributed by atoms with E-state index in [-0.39, 0.29) is 0 Å². The second kappa shape index (κ2) is 1.97. The van der Waals surface area contributed by atoms with E-state index in [0.29, 0.717) is 5.82 Å². The van der Waals surface area contributed by atoms with Gasteiger partial charge in [0.05, 0.1) is 5.70 Å². The summed E-state index contributed by atoms with van der Waals surface area (Å²) in [5.74, 6) is 0.665. The third-order valence-corrected chi connectivity index (χ3v) is 0.855. The van der Waals surface area contributed by atoms with Crippen LogP contribution >= 0.6 is 0 Å². The molecule has 0 unspecified atom stereocenters. The number of hydrogen-bond acceptors (Lipinski definition) is 3. The number of aromatic nitrogens is 4. The predicted octanol–water partition coefficient (Wildman–Crippen LogP) is 0.472. The van der Waals surface area contributed by atoms with Crippen LogP contribution in [0.25, 0.3) is 5.70 Å². The third-order valence-electron chi connectivity index (χ3n) is 0.855. The summed E-state index contributed by atoms with van der Waals surface area (Å²) >= 11 is 0. The number of tetrazole rings is 1. The Hall–Kier alpha value is -1.19.